The largest absolute Gasteiger partial charge is 0.478 e. The van der Waals surface area contributed by atoms with Crippen LogP contribution >= 0.6 is 11.3 Å². The third-order valence-electron chi connectivity index (χ3n) is 3.46. The Morgan fingerprint density at radius 3 is 2.00 bits per heavy atom. The number of rotatable bonds is 5. The van der Waals surface area contributed by atoms with Crippen LogP contribution in [-0.4, -0.2) is 46.4 Å². The second-order valence-electron chi connectivity index (χ2n) is 5.85. The van der Waals surface area contributed by atoms with Crippen LogP contribution in [0.1, 0.15) is 27.6 Å². The van der Waals surface area contributed by atoms with Crippen molar-refractivity contribution in [2.75, 3.05) is 5.32 Å². The maximum absolute atomic E-state index is 11.4. The van der Waals surface area contributed by atoms with Crippen molar-refractivity contribution in [3.63, 3.8) is 0 Å². The zero-order valence-electron chi connectivity index (χ0n) is 16.7. The van der Waals surface area contributed by atoms with E-state index in [4.69, 9.17) is 16.1 Å². The van der Waals surface area contributed by atoms with E-state index in [1.165, 1.54) is 36.5 Å². The second-order valence-corrected chi connectivity index (χ2v) is 10.2. The molecule has 3 rings (SSSR count). The van der Waals surface area contributed by atoms with Gasteiger partial charge in [0.1, 0.15) is 0 Å². The normalized spacial score (nSPS) is 11.5. The van der Waals surface area contributed by atoms with Crippen molar-refractivity contribution >= 4 is 53.3 Å². The Labute approximate surface area is 190 Å². The molecular weight excluding hydrogens is 503 g/mol. The maximum Gasteiger partial charge on any atom is 0.336 e. The van der Waals surface area contributed by atoms with Crippen molar-refractivity contribution in [3.05, 3.63) is 82.6 Å². The van der Waals surface area contributed by atoms with Gasteiger partial charge in [-0.25, -0.2) is 4.79 Å². The topological polar surface area (TPSA) is 176 Å². The third kappa shape index (κ3) is 9.29. The summed E-state index contributed by atoms with van der Waals surface area (Å²) in [5.74, 6) is -1.61. The van der Waals surface area contributed by atoms with Gasteiger partial charge < -0.3 is 10.8 Å². The number of carbonyl (C=O) groups is 3. The number of hydrogen-bond donors (Lipinski definition) is 5. The average Bonchev–Trinajstić information content (AvgIpc) is 3.31. The molecule has 0 aliphatic rings. The predicted molar refractivity (Wildman–Crippen MR) is 119 cm³/mol. The Bertz CT molecular complexity index is 1070. The smallest absolute Gasteiger partial charge is 0.336 e. The van der Waals surface area contributed by atoms with Gasteiger partial charge in [-0.15, -0.1) is 0 Å². The molecule has 0 aliphatic carbocycles. The van der Waals surface area contributed by atoms with E-state index in [1.54, 1.807) is 47.2 Å². The molecule has 6 N–H and O–H groups in total. The van der Waals surface area contributed by atoms with Gasteiger partial charge in [0.15, 0.2) is 0 Å². The van der Waals surface area contributed by atoms with Crippen molar-refractivity contribution in [1.82, 2.24) is 0 Å². The van der Waals surface area contributed by atoms with Crippen LogP contribution in [0.4, 0.5) is 5.69 Å². The molecule has 12 heteroatoms. The number of para-hydroxylation sites is 1. The summed E-state index contributed by atoms with van der Waals surface area (Å²) in [6.45, 7) is 1.27. The van der Waals surface area contributed by atoms with Crippen LogP contribution in [0.2, 0.25) is 0 Å². The first-order valence-corrected chi connectivity index (χ1v) is 13.0. The molecule has 32 heavy (non-hydrogen) atoms. The van der Waals surface area contributed by atoms with Gasteiger partial charge in [-0.05, 0) is 23.6 Å². The molecule has 1 aromatic heterocycles. The molecule has 2 aromatic carbocycles. The molecule has 1 unspecified atom stereocenters. The van der Waals surface area contributed by atoms with E-state index in [0.29, 0.717) is 11.1 Å². The fraction of sp³-hybridized carbons (Fsp3) is 0.0500. The van der Waals surface area contributed by atoms with E-state index in [1.807, 2.05) is 6.07 Å². The van der Waals surface area contributed by atoms with Gasteiger partial charge in [-0.1, -0.05) is 18.2 Å². The van der Waals surface area contributed by atoms with E-state index in [9.17, 15) is 22.2 Å². The number of anilines is 1. The molecule has 1 heterocycles. The molecule has 0 spiro atoms. The summed E-state index contributed by atoms with van der Waals surface area (Å²) < 4.78 is 24.1. The molecule has 1 atom stereocenters. The monoisotopic (exact) mass is 524 g/mol. The standard InChI is InChI=1S/C8H10AsNO5.C7H7NO.C5H4O2S/c1-6(11)10-8-5-3-2-4-7(8)9(12,13)15-14;8-7(9)6-4-2-1-3-5-6;6-5(7)4-1-2-8-3-4/h2-5,14H,1H3,(H,10,11)(H,12,13);1-5H,(H2,8,9);1-3H,(H,6,7). The number of carboxylic acid groups (broad SMARTS) is 1. The van der Waals surface area contributed by atoms with Gasteiger partial charge in [-0.3, -0.25) is 4.79 Å². The van der Waals surface area contributed by atoms with Crippen molar-refractivity contribution < 1.29 is 36.5 Å². The summed E-state index contributed by atoms with van der Waals surface area (Å²) >= 11 is -3.54. The minimum absolute atomic E-state index is 0.103. The molecule has 0 fully saturated rings. The predicted octanol–water partition coefficient (Wildman–Crippen LogP) is 1.94. The summed E-state index contributed by atoms with van der Waals surface area (Å²) in [7, 11) is 0. The third-order valence-corrected chi connectivity index (χ3v) is 6.70. The van der Waals surface area contributed by atoms with Crippen LogP contribution in [-0.2, 0) is 12.4 Å². The molecule has 0 radical (unpaired) electrons. The fourth-order valence-corrected chi connectivity index (χ4v) is 4.35. The quantitative estimate of drug-likeness (QED) is 0.191. The van der Waals surface area contributed by atoms with Crippen LogP contribution in [0, 0.1) is 0 Å². The first-order chi connectivity index (χ1) is 15.1. The Morgan fingerprint density at radius 1 is 1.00 bits per heavy atom. The minimum Gasteiger partial charge on any atom is -0.478 e. The SMILES string of the molecule is CC(=O)Nc1ccccc1[As](=O)(O)OO.NC(=O)c1ccccc1.O=C(O)c1ccsc1. The average molecular weight is 524 g/mol. The second kappa shape index (κ2) is 13.3. The van der Waals surface area contributed by atoms with Gasteiger partial charge in [0, 0.05) is 10.9 Å². The van der Waals surface area contributed by atoms with Crippen molar-refractivity contribution in [1.29, 1.82) is 0 Å². The Hall–Kier alpha value is -3.21. The number of amides is 2. The van der Waals surface area contributed by atoms with Crippen molar-refractivity contribution in [2.24, 2.45) is 5.73 Å². The summed E-state index contributed by atoms with van der Waals surface area (Å²) in [5, 5.41) is 22.3. The first kappa shape index (κ1) is 26.8. The Kier molecular flexibility index (Phi) is 11.1. The Morgan fingerprint density at radius 2 is 1.59 bits per heavy atom. The van der Waals surface area contributed by atoms with E-state index < -0.39 is 20.1 Å². The number of nitrogens with one attached hydrogen (secondary N) is 1. The molecule has 0 aliphatic heterocycles. The van der Waals surface area contributed by atoms with Crippen LogP contribution in [0.5, 0.6) is 0 Å². The molecule has 3 aromatic rings. The van der Waals surface area contributed by atoms with E-state index in [-0.39, 0.29) is 21.9 Å². The molecule has 10 nitrogen and oxygen atoms in total. The van der Waals surface area contributed by atoms with Gasteiger partial charge in [0.05, 0.1) is 5.56 Å². The van der Waals surface area contributed by atoms with Crippen LogP contribution in [0.25, 0.3) is 0 Å². The van der Waals surface area contributed by atoms with Crippen molar-refractivity contribution in [3.8, 4) is 0 Å². The molecule has 170 valence electrons. The minimum atomic E-state index is -4.92. The fourth-order valence-electron chi connectivity index (χ4n) is 2.05. The first-order valence-electron chi connectivity index (χ1n) is 8.72. The summed E-state index contributed by atoms with van der Waals surface area (Å²) in [5.41, 5.74) is 6.05. The van der Waals surface area contributed by atoms with Crippen LogP contribution in [0.15, 0.2) is 71.4 Å². The zero-order chi connectivity index (χ0) is 24.1. The van der Waals surface area contributed by atoms with Gasteiger partial charge >= 0.3 is 94.4 Å². The number of benzene rings is 2. The van der Waals surface area contributed by atoms with Gasteiger partial charge in [0.25, 0.3) is 0 Å². The van der Waals surface area contributed by atoms with Gasteiger partial charge in [-0.2, -0.15) is 11.3 Å². The number of primary amides is 1. The number of aromatic carboxylic acids is 1. The Balaban J connectivity index is 0.000000257. The molecular formula is C20H21AsN2O8S. The van der Waals surface area contributed by atoms with Crippen LogP contribution in [0.3, 0.4) is 0 Å². The maximum atomic E-state index is 11.4. The van der Waals surface area contributed by atoms with Crippen molar-refractivity contribution in [2.45, 2.75) is 6.92 Å². The molecule has 2 amide bonds. The summed E-state index contributed by atoms with van der Waals surface area (Å²) in [6.07, 6.45) is 0. The molecule has 0 saturated carbocycles. The van der Waals surface area contributed by atoms with E-state index in [2.05, 4.69) is 9.19 Å². The van der Waals surface area contributed by atoms with Gasteiger partial charge in [0.2, 0.25) is 5.91 Å². The number of thiophene rings is 1. The van der Waals surface area contributed by atoms with E-state index >= 15 is 0 Å². The molecule has 0 bridgehead atoms. The zero-order valence-corrected chi connectivity index (χ0v) is 19.4. The number of carbonyl (C=O) groups excluding carboxylic acids is 2. The summed E-state index contributed by atoms with van der Waals surface area (Å²) in [6, 6.07) is 16.2. The number of nitrogens with two attached hydrogens (primary N) is 1. The number of hydrogen-bond acceptors (Lipinski definition) is 7. The number of carboxylic acids is 1. The summed E-state index contributed by atoms with van der Waals surface area (Å²) in [4.78, 5) is 31.3. The molecule has 0 saturated heterocycles. The van der Waals surface area contributed by atoms with Crippen LogP contribution < -0.4 is 15.4 Å². The van der Waals surface area contributed by atoms with E-state index in [0.717, 1.165) is 0 Å².